The summed E-state index contributed by atoms with van der Waals surface area (Å²) in [5.41, 5.74) is 0. The largest absolute Gasteiger partial charge is 0.481 e. The van der Waals surface area contributed by atoms with E-state index in [1.165, 1.54) is 6.92 Å². The van der Waals surface area contributed by atoms with Crippen molar-refractivity contribution in [1.82, 2.24) is 10.2 Å². The van der Waals surface area contributed by atoms with Crippen LogP contribution in [0.3, 0.4) is 0 Å². The molecule has 22 heavy (non-hydrogen) atoms. The molecule has 0 radical (unpaired) electrons. The van der Waals surface area contributed by atoms with Crippen LogP contribution < -0.4 is 5.32 Å². The van der Waals surface area contributed by atoms with Gasteiger partial charge >= 0.3 is 5.97 Å². The molecule has 2 amide bonds. The lowest BCUT2D eigenvalue weighted by Crippen LogP contribution is -2.59. The molecule has 7 heteroatoms. The Balaban J connectivity index is 2.07. The van der Waals surface area contributed by atoms with Crippen LogP contribution >= 0.6 is 0 Å². The molecular weight excluding hydrogens is 288 g/mol. The summed E-state index contributed by atoms with van der Waals surface area (Å²) < 4.78 is 0. The standard InChI is InChI=1S/C15H22N2O5/c1-9(18)11(8-14(20)21)16-15(22)12-6-2-4-10-5-3-7-13(19)17(10)12/h10-12H,2-8H2,1H3,(H,16,22)(H,20,21). The summed E-state index contributed by atoms with van der Waals surface area (Å²) in [6.07, 6.45) is 4.09. The number of piperidine rings is 2. The van der Waals surface area contributed by atoms with Crippen LogP contribution in [0.4, 0.5) is 0 Å². The minimum absolute atomic E-state index is 0.0197. The molecule has 0 aromatic heterocycles. The average molecular weight is 310 g/mol. The lowest BCUT2D eigenvalue weighted by molar-refractivity contribution is -0.149. The molecule has 3 atom stereocenters. The number of hydrogen-bond acceptors (Lipinski definition) is 4. The highest BCUT2D eigenvalue weighted by atomic mass is 16.4. The van der Waals surface area contributed by atoms with Gasteiger partial charge < -0.3 is 15.3 Å². The molecule has 3 unspecified atom stereocenters. The SMILES string of the molecule is CC(=O)C(CC(=O)O)NC(=O)C1CCCC2CCCC(=O)N21. The summed E-state index contributed by atoms with van der Waals surface area (Å²) in [6.45, 7) is 1.25. The lowest BCUT2D eigenvalue weighted by atomic mass is 9.88. The molecule has 0 bridgehead atoms. The van der Waals surface area contributed by atoms with Crippen LogP contribution in [0.2, 0.25) is 0 Å². The van der Waals surface area contributed by atoms with Crippen molar-refractivity contribution in [2.45, 2.75) is 70.0 Å². The maximum absolute atomic E-state index is 12.4. The number of carbonyl (C=O) groups is 4. The van der Waals surface area contributed by atoms with Crippen molar-refractivity contribution < 1.29 is 24.3 Å². The number of carbonyl (C=O) groups excluding carboxylic acids is 3. The third-order valence-electron chi connectivity index (χ3n) is 4.45. The second-order valence-corrected chi connectivity index (χ2v) is 6.06. The van der Waals surface area contributed by atoms with Crippen molar-refractivity contribution in [2.24, 2.45) is 0 Å². The topological polar surface area (TPSA) is 104 Å². The van der Waals surface area contributed by atoms with Crippen LogP contribution in [0.1, 0.15) is 51.9 Å². The molecule has 2 aliphatic heterocycles. The average Bonchev–Trinajstić information content (AvgIpc) is 2.45. The molecule has 2 saturated heterocycles. The zero-order valence-electron chi connectivity index (χ0n) is 12.7. The van der Waals surface area contributed by atoms with E-state index in [-0.39, 0.29) is 11.9 Å². The summed E-state index contributed by atoms with van der Waals surface area (Å²) in [5, 5.41) is 11.3. The predicted octanol–water partition coefficient (Wildman–Crippen LogP) is 0.468. The van der Waals surface area contributed by atoms with E-state index in [0.717, 1.165) is 25.7 Å². The molecule has 2 fully saturated rings. The van der Waals surface area contributed by atoms with E-state index < -0.39 is 36.2 Å². The van der Waals surface area contributed by atoms with Gasteiger partial charge in [0, 0.05) is 12.5 Å². The van der Waals surface area contributed by atoms with Gasteiger partial charge in [-0.05, 0) is 39.0 Å². The number of nitrogens with one attached hydrogen (secondary N) is 1. The van der Waals surface area contributed by atoms with Crippen molar-refractivity contribution in [3.05, 3.63) is 0 Å². The molecule has 0 aromatic carbocycles. The first-order valence-corrected chi connectivity index (χ1v) is 7.74. The predicted molar refractivity (Wildman–Crippen MR) is 77.0 cm³/mol. The minimum atomic E-state index is -1.14. The monoisotopic (exact) mass is 310 g/mol. The Hall–Kier alpha value is -1.92. The van der Waals surface area contributed by atoms with Gasteiger partial charge in [-0.3, -0.25) is 19.2 Å². The van der Waals surface area contributed by atoms with Crippen LogP contribution in [-0.2, 0) is 19.2 Å². The first kappa shape index (κ1) is 16.5. The molecule has 0 aromatic rings. The van der Waals surface area contributed by atoms with Gasteiger partial charge in [-0.25, -0.2) is 0 Å². The zero-order chi connectivity index (χ0) is 16.3. The van der Waals surface area contributed by atoms with E-state index in [9.17, 15) is 19.2 Å². The molecule has 0 aliphatic carbocycles. The molecular formula is C15H22N2O5. The second-order valence-electron chi connectivity index (χ2n) is 6.06. The Labute approximate surface area is 129 Å². The summed E-state index contributed by atoms with van der Waals surface area (Å²) in [4.78, 5) is 48.5. The first-order chi connectivity index (χ1) is 10.4. The second kappa shape index (κ2) is 6.89. The Bertz CT molecular complexity index is 488. The van der Waals surface area contributed by atoms with Gasteiger partial charge in [-0.15, -0.1) is 0 Å². The molecule has 2 heterocycles. The number of aliphatic carboxylic acids is 1. The van der Waals surface area contributed by atoms with Crippen molar-refractivity contribution >= 4 is 23.6 Å². The van der Waals surface area contributed by atoms with Gasteiger partial charge in [0.05, 0.1) is 12.5 Å². The van der Waals surface area contributed by atoms with Crippen molar-refractivity contribution in [2.75, 3.05) is 0 Å². The number of carboxylic acids is 1. The summed E-state index contributed by atoms with van der Waals surface area (Å²) in [6, 6.07) is -1.52. The maximum atomic E-state index is 12.4. The van der Waals surface area contributed by atoms with Crippen LogP contribution in [0.25, 0.3) is 0 Å². The van der Waals surface area contributed by atoms with Gasteiger partial charge in [-0.1, -0.05) is 0 Å². The number of nitrogens with zero attached hydrogens (tertiary/aromatic N) is 1. The van der Waals surface area contributed by atoms with Gasteiger partial charge in [-0.2, -0.15) is 0 Å². The molecule has 7 nitrogen and oxygen atoms in total. The number of ketones is 1. The van der Waals surface area contributed by atoms with E-state index in [1.54, 1.807) is 4.90 Å². The van der Waals surface area contributed by atoms with Crippen molar-refractivity contribution in [3.63, 3.8) is 0 Å². The number of fused-ring (bicyclic) bond motifs is 1. The number of carboxylic acid groups (broad SMARTS) is 1. The highest BCUT2D eigenvalue weighted by molar-refractivity contribution is 5.94. The van der Waals surface area contributed by atoms with E-state index in [4.69, 9.17) is 5.11 Å². The quantitative estimate of drug-likeness (QED) is 0.768. The smallest absolute Gasteiger partial charge is 0.305 e. The molecule has 0 spiro atoms. The highest BCUT2D eigenvalue weighted by Crippen LogP contribution is 2.31. The summed E-state index contributed by atoms with van der Waals surface area (Å²) in [5.74, 6) is -1.97. The first-order valence-electron chi connectivity index (χ1n) is 7.74. The fourth-order valence-corrected chi connectivity index (χ4v) is 3.35. The van der Waals surface area contributed by atoms with Gasteiger partial charge in [0.15, 0.2) is 5.78 Å². The van der Waals surface area contributed by atoms with Crippen LogP contribution in [0, 0.1) is 0 Å². The minimum Gasteiger partial charge on any atom is -0.481 e. The third kappa shape index (κ3) is 3.64. The Kier molecular flexibility index (Phi) is 5.15. The van der Waals surface area contributed by atoms with E-state index in [1.807, 2.05) is 0 Å². The van der Waals surface area contributed by atoms with Crippen LogP contribution in [-0.4, -0.2) is 51.7 Å². The number of amides is 2. The molecule has 122 valence electrons. The third-order valence-corrected chi connectivity index (χ3v) is 4.45. The van der Waals surface area contributed by atoms with E-state index in [0.29, 0.717) is 12.8 Å². The fourth-order valence-electron chi connectivity index (χ4n) is 3.35. The normalized spacial score (nSPS) is 26.0. The number of Topliss-reactive ketones (excluding diaryl/α,β-unsaturated/α-hetero) is 1. The van der Waals surface area contributed by atoms with Crippen molar-refractivity contribution in [3.8, 4) is 0 Å². The maximum Gasteiger partial charge on any atom is 0.305 e. The lowest BCUT2D eigenvalue weighted by Gasteiger charge is -2.44. The van der Waals surface area contributed by atoms with Crippen LogP contribution in [0.5, 0.6) is 0 Å². The van der Waals surface area contributed by atoms with Crippen LogP contribution in [0.15, 0.2) is 0 Å². The zero-order valence-corrected chi connectivity index (χ0v) is 12.7. The van der Waals surface area contributed by atoms with E-state index >= 15 is 0 Å². The Morgan fingerprint density at radius 1 is 1.27 bits per heavy atom. The summed E-state index contributed by atoms with van der Waals surface area (Å²) >= 11 is 0. The molecule has 2 rings (SSSR count). The molecule has 2 aliphatic rings. The highest BCUT2D eigenvalue weighted by Gasteiger charge is 2.40. The Morgan fingerprint density at radius 3 is 2.59 bits per heavy atom. The van der Waals surface area contributed by atoms with Crippen molar-refractivity contribution in [1.29, 1.82) is 0 Å². The van der Waals surface area contributed by atoms with Gasteiger partial charge in [0.25, 0.3) is 0 Å². The van der Waals surface area contributed by atoms with Gasteiger partial charge in [0.1, 0.15) is 6.04 Å². The number of rotatable bonds is 5. The van der Waals surface area contributed by atoms with E-state index in [2.05, 4.69) is 5.32 Å². The molecule has 2 N–H and O–H groups in total. The molecule has 0 saturated carbocycles. The van der Waals surface area contributed by atoms with Gasteiger partial charge in [0.2, 0.25) is 11.8 Å². The number of hydrogen-bond donors (Lipinski definition) is 2. The fraction of sp³-hybridized carbons (Fsp3) is 0.733. The Morgan fingerprint density at radius 2 is 1.95 bits per heavy atom. The summed E-state index contributed by atoms with van der Waals surface area (Å²) in [7, 11) is 0.